The fraction of sp³-hybridized carbons (Fsp3) is 0.412. The van der Waals surface area contributed by atoms with Gasteiger partial charge in [0.05, 0.1) is 29.4 Å². The molecular formula is C17H21N5O2. The third-order valence-corrected chi connectivity index (χ3v) is 3.70. The van der Waals surface area contributed by atoms with Crippen molar-refractivity contribution in [2.24, 2.45) is 0 Å². The van der Waals surface area contributed by atoms with E-state index in [2.05, 4.69) is 25.6 Å². The summed E-state index contributed by atoms with van der Waals surface area (Å²) in [5.74, 6) is 0.614. The van der Waals surface area contributed by atoms with Gasteiger partial charge in [0.25, 0.3) is 0 Å². The molecule has 1 aliphatic carbocycles. The molecule has 3 rings (SSSR count). The molecule has 24 heavy (non-hydrogen) atoms. The van der Waals surface area contributed by atoms with E-state index < -0.39 is 0 Å². The maximum atomic E-state index is 12.1. The van der Waals surface area contributed by atoms with Gasteiger partial charge in [-0.2, -0.15) is 0 Å². The molecule has 7 nitrogen and oxygen atoms in total. The molecule has 2 aromatic heterocycles. The molecule has 7 heteroatoms. The highest BCUT2D eigenvalue weighted by Crippen LogP contribution is 2.31. The molecule has 126 valence electrons. The standard InChI is InChI=1S/C17H21N5O2/c1-11-9-15(16(10-21-11)24-13-3-4-13)22-17(23)20-6-5-14-12(2)18-7-8-19-14/h7-10,13H,3-6H2,1-2H3,(H2,20,21,22,23). The summed E-state index contributed by atoms with van der Waals surface area (Å²) in [4.78, 5) is 24.8. The van der Waals surface area contributed by atoms with Crippen LogP contribution < -0.4 is 15.4 Å². The summed E-state index contributed by atoms with van der Waals surface area (Å²) in [5, 5.41) is 5.66. The number of ether oxygens (including phenoxy) is 1. The number of nitrogens with zero attached hydrogens (tertiary/aromatic N) is 3. The highest BCUT2D eigenvalue weighted by Gasteiger charge is 2.25. The summed E-state index contributed by atoms with van der Waals surface area (Å²) in [5.41, 5.74) is 3.23. The SMILES string of the molecule is Cc1cc(NC(=O)NCCc2nccnc2C)c(OC2CC2)cn1. The van der Waals surface area contributed by atoms with E-state index >= 15 is 0 Å². The van der Waals surface area contributed by atoms with Crippen molar-refractivity contribution in [2.75, 3.05) is 11.9 Å². The second-order valence-electron chi connectivity index (χ2n) is 5.86. The van der Waals surface area contributed by atoms with Gasteiger partial charge >= 0.3 is 6.03 Å². The summed E-state index contributed by atoms with van der Waals surface area (Å²) in [6.45, 7) is 4.26. The number of hydrogen-bond donors (Lipinski definition) is 2. The van der Waals surface area contributed by atoms with E-state index in [4.69, 9.17) is 4.74 Å². The molecule has 0 aliphatic heterocycles. The van der Waals surface area contributed by atoms with Crippen LogP contribution in [0, 0.1) is 13.8 Å². The Kier molecular flexibility index (Phi) is 4.88. The maximum absolute atomic E-state index is 12.1. The van der Waals surface area contributed by atoms with Crippen molar-refractivity contribution in [2.45, 2.75) is 39.2 Å². The first-order chi connectivity index (χ1) is 11.6. The minimum absolute atomic E-state index is 0.248. The van der Waals surface area contributed by atoms with Crippen molar-refractivity contribution >= 4 is 11.7 Å². The highest BCUT2D eigenvalue weighted by atomic mass is 16.5. The molecule has 0 atom stereocenters. The van der Waals surface area contributed by atoms with Crippen LogP contribution in [0.2, 0.25) is 0 Å². The van der Waals surface area contributed by atoms with Crippen LogP contribution in [0.5, 0.6) is 5.75 Å². The number of urea groups is 1. The summed E-state index contributed by atoms with van der Waals surface area (Å²) < 4.78 is 5.78. The molecule has 2 aromatic rings. The zero-order valence-corrected chi connectivity index (χ0v) is 13.9. The second-order valence-corrected chi connectivity index (χ2v) is 5.86. The Labute approximate surface area is 140 Å². The zero-order chi connectivity index (χ0) is 16.9. The van der Waals surface area contributed by atoms with Gasteiger partial charge in [0, 0.05) is 31.1 Å². The van der Waals surface area contributed by atoms with Crippen LogP contribution in [0.4, 0.5) is 10.5 Å². The molecule has 0 spiro atoms. The molecule has 1 saturated carbocycles. The van der Waals surface area contributed by atoms with E-state index in [1.54, 1.807) is 18.6 Å². The van der Waals surface area contributed by atoms with E-state index in [0.29, 0.717) is 24.4 Å². The molecule has 0 bridgehead atoms. The highest BCUT2D eigenvalue weighted by molar-refractivity contribution is 5.90. The monoisotopic (exact) mass is 327 g/mol. The second kappa shape index (κ2) is 7.25. The molecule has 2 N–H and O–H groups in total. The minimum atomic E-state index is -0.275. The third kappa shape index (κ3) is 4.41. The van der Waals surface area contributed by atoms with Crippen LogP contribution in [0.15, 0.2) is 24.7 Å². The van der Waals surface area contributed by atoms with Crippen molar-refractivity contribution in [3.63, 3.8) is 0 Å². The van der Waals surface area contributed by atoms with E-state index in [1.807, 2.05) is 19.9 Å². The topological polar surface area (TPSA) is 89.0 Å². The largest absolute Gasteiger partial charge is 0.487 e. The van der Waals surface area contributed by atoms with Crippen molar-refractivity contribution in [3.8, 4) is 5.75 Å². The number of rotatable bonds is 6. The van der Waals surface area contributed by atoms with Crippen LogP contribution in [0.25, 0.3) is 0 Å². The van der Waals surface area contributed by atoms with Gasteiger partial charge in [0.2, 0.25) is 0 Å². The van der Waals surface area contributed by atoms with Gasteiger partial charge in [-0.15, -0.1) is 0 Å². The molecule has 0 saturated heterocycles. The lowest BCUT2D eigenvalue weighted by Crippen LogP contribution is -2.31. The van der Waals surface area contributed by atoms with Crippen molar-refractivity contribution in [3.05, 3.63) is 41.7 Å². The lowest BCUT2D eigenvalue weighted by Gasteiger charge is -2.13. The molecule has 0 aromatic carbocycles. The van der Waals surface area contributed by atoms with Crippen LogP contribution in [0.3, 0.4) is 0 Å². The number of carbonyl (C=O) groups is 1. The Bertz CT molecular complexity index is 731. The van der Waals surface area contributed by atoms with Gasteiger partial charge in [0.15, 0.2) is 5.75 Å². The fourth-order valence-electron chi connectivity index (χ4n) is 2.25. The van der Waals surface area contributed by atoms with Crippen LogP contribution in [-0.2, 0) is 6.42 Å². The van der Waals surface area contributed by atoms with E-state index in [0.717, 1.165) is 29.9 Å². The first kappa shape index (κ1) is 16.2. The van der Waals surface area contributed by atoms with Crippen LogP contribution >= 0.6 is 0 Å². The van der Waals surface area contributed by atoms with E-state index in [-0.39, 0.29) is 12.1 Å². The van der Waals surface area contributed by atoms with Gasteiger partial charge in [-0.05, 0) is 32.8 Å². The van der Waals surface area contributed by atoms with Crippen molar-refractivity contribution < 1.29 is 9.53 Å². The lowest BCUT2D eigenvalue weighted by atomic mass is 10.2. The van der Waals surface area contributed by atoms with Gasteiger partial charge in [0.1, 0.15) is 0 Å². The number of aromatic nitrogens is 3. The Morgan fingerprint density at radius 2 is 2.04 bits per heavy atom. The van der Waals surface area contributed by atoms with E-state index in [9.17, 15) is 4.79 Å². The molecular weight excluding hydrogens is 306 g/mol. The predicted molar refractivity (Wildman–Crippen MR) is 90.1 cm³/mol. The first-order valence-electron chi connectivity index (χ1n) is 8.06. The predicted octanol–water partition coefficient (Wildman–Crippen LogP) is 2.39. The van der Waals surface area contributed by atoms with Gasteiger partial charge in [-0.25, -0.2) is 4.79 Å². The van der Waals surface area contributed by atoms with Gasteiger partial charge in [-0.1, -0.05) is 0 Å². The zero-order valence-electron chi connectivity index (χ0n) is 13.9. The smallest absolute Gasteiger partial charge is 0.319 e. The number of nitrogens with one attached hydrogen (secondary N) is 2. The summed E-state index contributed by atoms with van der Waals surface area (Å²) in [7, 11) is 0. The number of hydrogen-bond acceptors (Lipinski definition) is 5. The Balaban J connectivity index is 1.54. The normalized spacial score (nSPS) is 13.4. The van der Waals surface area contributed by atoms with Crippen LogP contribution in [-0.4, -0.2) is 33.6 Å². The number of anilines is 1. The Morgan fingerprint density at radius 1 is 1.25 bits per heavy atom. The summed E-state index contributed by atoms with van der Waals surface area (Å²) >= 11 is 0. The van der Waals surface area contributed by atoms with Gasteiger partial charge < -0.3 is 15.4 Å². The van der Waals surface area contributed by atoms with E-state index in [1.165, 1.54) is 0 Å². The Hall–Kier alpha value is -2.70. The number of pyridine rings is 1. The lowest BCUT2D eigenvalue weighted by molar-refractivity contribution is 0.251. The maximum Gasteiger partial charge on any atom is 0.319 e. The van der Waals surface area contributed by atoms with Crippen molar-refractivity contribution in [1.29, 1.82) is 0 Å². The van der Waals surface area contributed by atoms with Crippen molar-refractivity contribution in [1.82, 2.24) is 20.3 Å². The molecule has 1 aliphatic rings. The quantitative estimate of drug-likeness (QED) is 0.850. The Morgan fingerprint density at radius 3 is 2.79 bits per heavy atom. The average Bonchev–Trinajstić information content (AvgIpc) is 3.36. The summed E-state index contributed by atoms with van der Waals surface area (Å²) in [6.07, 6.45) is 7.96. The van der Waals surface area contributed by atoms with Crippen LogP contribution in [0.1, 0.15) is 29.9 Å². The number of carbonyl (C=O) groups excluding carboxylic acids is 1. The molecule has 2 heterocycles. The number of amides is 2. The van der Waals surface area contributed by atoms with Gasteiger partial charge in [-0.3, -0.25) is 15.0 Å². The number of aryl methyl sites for hydroxylation is 2. The fourth-order valence-corrected chi connectivity index (χ4v) is 2.25. The molecule has 2 amide bonds. The average molecular weight is 327 g/mol. The minimum Gasteiger partial charge on any atom is -0.487 e. The third-order valence-electron chi connectivity index (χ3n) is 3.70. The summed E-state index contributed by atoms with van der Waals surface area (Å²) in [6, 6.07) is 1.53. The first-order valence-corrected chi connectivity index (χ1v) is 8.06. The molecule has 0 radical (unpaired) electrons. The molecule has 0 unspecified atom stereocenters. The molecule has 1 fully saturated rings.